The van der Waals surface area contributed by atoms with Gasteiger partial charge in [0.15, 0.2) is 11.1 Å². The standard InChI is InChI=1S/C23H17N3O7/c1-2-31-23(30)26-15-9-14(32-22(29)13-5-3-7-24-12-13)10-16(27)20(15)19-11-17(28)21-18(33-19)6-4-8-25-21/h3-12,27H,2H2,1H3,(H,26,30). The number of fused-ring (bicyclic) bond motifs is 1. The van der Waals surface area contributed by atoms with Crippen LogP contribution in [0.4, 0.5) is 10.5 Å². The Labute approximate surface area is 186 Å². The summed E-state index contributed by atoms with van der Waals surface area (Å²) in [5, 5.41) is 13.2. The molecule has 10 heteroatoms. The van der Waals surface area contributed by atoms with Crippen molar-refractivity contribution >= 4 is 28.8 Å². The Morgan fingerprint density at radius 2 is 1.97 bits per heavy atom. The third-order valence-corrected chi connectivity index (χ3v) is 4.44. The van der Waals surface area contributed by atoms with E-state index >= 15 is 0 Å². The fraction of sp³-hybridized carbons (Fsp3) is 0.0870. The van der Waals surface area contributed by atoms with Crippen LogP contribution in [0.1, 0.15) is 17.3 Å². The summed E-state index contributed by atoms with van der Waals surface area (Å²) in [4.78, 5) is 44.8. The molecule has 1 aromatic carbocycles. The maximum absolute atomic E-state index is 12.5. The number of carbonyl (C=O) groups excluding carboxylic acids is 2. The van der Waals surface area contributed by atoms with Gasteiger partial charge in [0.25, 0.3) is 0 Å². The van der Waals surface area contributed by atoms with Crippen LogP contribution in [-0.4, -0.2) is 33.7 Å². The Morgan fingerprint density at radius 1 is 1.15 bits per heavy atom. The normalized spacial score (nSPS) is 10.6. The van der Waals surface area contributed by atoms with Crippen molar-refractivity contribution in [1.82, 2.24) is 9.97 Å². The first kappa shape index (κ1) is 21.5. The van der Waals surface area contributed by atoms with E-state index in [0.717, 1.165) is 12.1 Å². The maximum atomic E-state index is 12.5. The van der Waals surface area contributed by atoms with Crippen LogP contribution in [0.2, 0.25) is 0 Å². The molecular weight excluding hydrogens is 430 g/mol. The van der Waals surface area contributed by atoms with Crippen LogP contribution in [0.3, 0.4) is 0 Å². The maximum Gasteiger partial charge on any atom is 0.411 e. The molecule has 0 aliphatic carbocycles. The summed E-state index contributed by atoms with van der Waals surface area (Å²) in [5.74, 6) is -1.23. The largest absolute Gasteiger partial charge is 0.507 e. The number of nitrogens with zero attached hydrogens (tertiary/aromatic N) is 2. The van der Waals surface area contributed by atoms with Gasteiger partial charge in [0.1, 0.15) is 17.3 Å². The number of aromatic hydroxyl groups is 1. The number of carbonyl (C=O) groups is 2. The molecule has 2 N–H and O–H groups in total. The molecular formula is C23H17N3O7. The molecule has 0 aliphatic rings. The molecule has 10 nitrogen and oxygen atoms in total. The molecule has 0 spiro atoms. The molecule has 1 amide bonds. The predicted octanol–water partition coefficient (Wildman–Crippen LogP) is 3.74. The van der Waals surface area contributed by atoms with E-state index in [1.165, 1.54) is 30.7 Å². The lowest BCUT2D eigenvalue weighted by atomic mass is 10.1. The van der Waals surface area contributed by atoms with Crippen molar-refractivity contribution < 1.29 is 28.6 Å². The van der Waals surface area contributed by atoms with Crippen molar-refractivity contribution in [2.45, 2.75) is 6.92 Å². The molecule has 0 aliphatic heterocycles. The number of hydrogen-bond acceptors (Lipinski definition) is 9. The summed E-state index contributed by atoms with van der Waals surface area (Å²) < 4.78 is 16.0. The van der Waals surface area contributed by atoms with Crippen molar-refractivity contribution in [3.05, 3.63) is 76.8 Å². The topological polar surface area (TPSA) is 141 Å². The van der Waals surface area contributed by atoms with Gasteiger partial charge in [-0.1, -0.05) is 0 Å². The van der Waals surface area contributed by atoms with Gasteiger partial charge in [-0.3, -0.25) is 15.1 Å². The van der Waals surface area contributed by atoms with Gasteiger partial charge in [0, 0.05) is 36.8 Å². The zero-order valence-electron chi connectivity index (χ0n) is 17.3. The number of rotatable bonds is 5. The first-order valence-electron chi connectivity index (χ1n) is 9.78. The lowest BCUT2D eigenvalue weighted by Gasteiger charge is -2.14. The zero-order chi connectivity index (χ0) is 23.4. The van der Waals surface area contributed by atoms with E-state index < -0.39 is 23.2 Å². The number of phenolic OH excluding ortho intramolecular Hbond substituents is 1. The lowest BCUT2D eigenvalue weighted by molar-refractivity contribution is 0.0734. The first-order chi connectivity index (χ1) is 16.0. The monoisotopic (exact) mass is 447 g/mol. The second kappa shape index (κ2) is 9.18. The van der Waals surface area contributed by atoms with Gasteiger partial charge in [-0.15, -0.1) is 0 Å². The fourth-order valence-electron chi connectivity index (χ4n) is 3.06. The van der Waals surface area contributed by atoms with E-state index in [9.17, 15) is 19.5 Å². The van der Waals surface area contributed by atoms with Gasteiger partial charge in [-0.05, 0) is 31.2 Å². The number of phenols is 1. The van der Waals surface area contributed by atoms with Crippen LogP contribution in [0, 0.1) is 0 Å². The smallest absolute Gasteiger partial charge is 0.411 e. The van der Waals surface area contributed by atoms with Gasteiger partial charge in [-0.25, -0.2) is 14.6 Å². The van der Waals surface area contributed by atoms with E-state index in [1.54, 1.807) is 25.1 Å². The molecule has 0 radical (unpaired) electrons. The van der Waals surface area contributed by atoms with E-state index in [4.69, 9.17) is 13.9 Å². The van der Waals surface area contributed by atoms with Crippen LogP contribution in [0.15, 0.2) is 70.3 Å². The first-order valence-corrected chi connectivity index (χ1v) is 9.78. The number of anilines is 1. The number of pyridine rings is 2. The molecule has 0 unspecified atom stereocenters. The van der Waals surface area contributed by atoms with E-state index in [2.05, 4.69) is 15.3 Å². The van der Waals surface area contributed by atoms with Gasteiger partial charge < -0.3 is 19.0 Å². The number of hydrogen-bond donors (Lipinski definition) is 2. The number of ether oxygens (including phenoxy) is 2. The molecule has 4 aromatic rings. The summed E-state index contributed by atoms with van der Waals surface area (Å²) >= 11 is 0. The highest BCUT2D eigenvalue weighted by Crippen LogP contribution is 2.40. The summed E-state index contributed by atoms with van der Waals surface area (Å²) in [6.45, 7) is 1.72. The van der Waals surface area contributed by atoms with Gasteiger partial charge in [-0.2, -0.15) is 0 Å². The lowest BCUT2D eigenvalue weighted by Crippen LogP contribution is -2.15. The molecule has 3 aromatic heterocycles. The van der Waals surface area contributed by atoms with E-state index in [1.807, 2.05) is 0 Å². The van der Waals surface area contributed by atoms with Crippen LogP contribution >= 0.6 is 0 Å². The van der Waals surface area contributed by atoms with Crippen molar-refractivity contribution in [3.63, 3.8) is 0 Å². The van der Waals surface area contributed by atoms with E-state index in [0.29, 0.717) is 0 Å². The minimum Gasteiger partial charge on any atom is -0.507 e. The van der Waals surface area contributed by atoms with Gasteiger partial charge in [0.2, 0.25) is 5.43 Å². The molecule has 166 valence electrons. The molecule has 33 heavy (non-hydrogen) atoms. The third-order valence-electron chi connectivity index (χ3n) is 4.44. The van der Waals surface area contributed by atoms with Crippen LogP contribution in [-0.2, 0) is 4.74 Å². The molecule has 3 heterocycles. The van der Waals surface area contributed by atoms with E-state index in [-0.39, 0.29) is 46.0 Å². The van der Waals surface area contributed by atoms with Crippen molar-refractivity contribution in [2.75, 3.05) is 11.9 Å². The number of amides is 1. The minimum atomic E-state index is -0.821. The molecule has 0 saturated heterocycles. The van der Waals surface area contributed by atoms with Crippen LogP contribution in [0.5, 0.6) is 11.5 Å². The highest BCUT2D eigenvalue weighted by Gasteiger charge is 2.21. The summed E-state index contributed by atoms with van der Waals surface area (Å²) in [6, 6.07) is 9.82. The number of nitrogens with one attached hydrogen (secondary N) is 1. The van der Waals surface area contributed by atoms with Crippen molar-refractivity contribution in [1.29, 1.82) is 0 Å². The fourth-order valence-corrected chi connectivity index (χ4v) is 3.06. The summed E-state index contributed by atoms with van der Waals surface area (Å²) in [7, 11) is 0. The van der Waals surface area contributed by atoms with Crippen LogP contribution in [0.25, 0.3) is 22.4 Å². The molecule has 4 rings (SSSR count). The highest BCUT2D eigenvalue weighted by atomic mass is 16.5. The average molecular weight is 447 g/mol. The van der Waals surface area contributed by atoms with Crippen LogP contribution < -0.4 is 15.5 Å². The summed E-state index contributed by atoms with van der Waals surface area (Å²) in [6.07, 6.45) is 3.46. The molecule has 0 fully saturated rings. The van der Waals surface area contributed by atoms with Crippen molar-refractivity contribution in [3.8, 4) is 22.8 Å². The number of benzene rings is 1. The quantitative estimate of drug-likeness (QED) is 0.346. The second-order valence-corrected chi connectivity index (χ2v) is 6.67. The Bertz CT molecular complexity index is 1400. The van der Waals surface area contributed by atoms with Gasteiger partial charge in [0.05, 0.1) is 23.4 Å². The van der Waals surface area contributed by atoms with Gasteiger partial charge >= 0.3 is 12.1 Å². The third kappa shape index (κ3) is 4.64. The Morgan fingerprint density at radius 3 is 2.73 bits per heavy atom. The Balaban J connectivity index is 1.80. The molecule has 0 atom stereocenters. The Hall–Kier alpha value is -4.73. The zero-order valence-corrected chi connectivity index (χ0v) is 17.3. The summed E-state index contributed by atoms with van der Waals surface area (Å²) in [5.41, 5.74) is 0.0338. The van der Waals surface area contributed by atoms with Crippen molar-refractivity contribution in [2.24, 2.45) is 0 Å². The second-order valence-electron chi connectivity index (χ2n) is 6.67. The molecule has 0 saturated carbocycles. The molecule has 0 bridgehead atoms. The number of aromatic nitrogens is 2. The average Bonchev–Trinajstić information content (AvgIpc) is 2.79. The Kier molecular flexibility index (Phi) is 5.98. The minimum absolute atomic E-state index is 0.00572. The SMILES string of the molecule is CCOC(=O)Nc1cc(OC(=O)c2cccnc2)cc(O)c1-c1cc(=O)c2ncccc2o1. The predicted molar refractivity (Wildman–Crippen MR) is 117 cm³/mol. The highest BCUT2D eigenvalue weighted by molar-refractivity contribution is 5.95. The number of esters is 1.